The number of nitrogens with one attached hydrogen (secondary N) is 1. The molecule has 0 saturated heterocycles. The van der Waals surface area contributed by atoms with Crippen molar-refractivity contribution < 1.29 is 4.79 Å². The van der Waals surface area contributed by atoms with Gasteiger partial charge in [-0.15, -0.1) is 0 Å². The molecule has 0 aromatic heterocycles. The van der Waals surface area contributed by atoms with Gasteiger partial charge in [-0.05, 0) is 29.7 Å². The molecule has 3 rings (SSSR count). The third kappa shape index (κ3) is 2.89. The molecule has 0 unspecified atom stereocenters. The topological polar surface area (TPSA) is 55.1 Å². The summed E-state index contributed by atoms with van der Waals surface area (Å²) in [4.78, 5) is 12.2. The van der Waals surface area contributed by atoms with Gasteiger partial charge in [-0.2, -0.15) is 0 Å². The van der Waals surface area contributed by atoms with E-state index in [1.807, 2.05) is 54.6 Å². The van der Waals surface area contributed by atoms with Gasteiger partial charge in [0.25, 0.3) is 5.91 Å². The maximum absolute atomic E-state index is 12.2. The molecule has 3 heteroatoms. The number of amides is 1. The molecule has 0 spiro atoms. The number of rotatable bonds is 4. The minimum absolute atomic E-state index is 0.0371. The second-order valence-electron chi connectivity index (χ2n) is 5.30. The Morgan fingerprint density at radius 3 is 2.60 bits per heavy atom. The van der Waals surface area contributed by atoms with E-state index in [2.05, 4.69) is 5.32 Å². The van der Waals surface area contributed by atoms with Crippen molar-refractivity contribution in [2.75, 3.05) is 0 Å². The number of nitrogens with two attached hydrogens (primary N) is 1. The van der Waals surface area contributed by atoms with Crippen LogP contribution in [-0.2, 0) is 6.54 Å². The van der Waals surface area contributed by atoms with Crippen LogP contribution in [0, 0.1) is 0 Å². The minimum atomic E-state index is -0.0371. The van der Waals surface area contributed by atoms with Crippen LogP contribution in [0.15, 0.2) is 54.6 Å². The summed E-state index contributed by atoms with van der Waals surface area (Å²) in [6, 6.07) is 17.9. The molecular weight excluding hydrogens is 248 g/mol. The Bertz CT molecular complexity index is 609. The number of hydrogen-bond donors (Lipinski definition) is 2. The quantitative estimate of drug-likeness (QED) is 0.893. The maximum atomic E-state index is 12.2. The fourth-order valence-corrected chi connectivity index (χ4v) is 2.39. The summed E-state index contributed by atoms with van der Waals surface area (Å²) in [5.41, 5.74) is 8.83. The number of carbonyl (C=O) groups excluding carboxylic acids is 1. The second-order valence-corrected chi connectivity index (χ2v) is 5.30. The van der Waals surface area contributed by atoms with Crippen molar-refractivity contribution in [3.05, 3.63) is 71.3 Å². The number of benzene rings is 2. The second kappa shape index (κ2) is 5.47. The van der Waals surface area contributed by atoms with Gasteiger partial charge in [-0.3, -0.25) is 4.79 Å². The van der Waals surface area contributed by atoms with E-state index in [-0.39, 0.29) is 11.9 Å². The van der Waals surface area contributed by atoms with Crippen molar-refractivity contribution in [3.63, 3.8) is 0 Å². The van der Waals surface area contributed by atoms with Crippen LogP contribution in [0.3, 0.4) is 0 Å². The van der Waals surface area contributed by atoms with Crippen molar-refractivity contribution >= 4 is 5.91 Å². The molecule has 3 N–H and O–H groups in total. The van der Waals surface area contributed by atoms with Gasteiger partial charge in [-0.1, -0.05) is 42.5 Å². The summed E-state index contributed by atoms with van der Waals surface area (Å²) < 4.78 is 0. The van der Waals surface area contributed by atoms with Gasteiger partial charge in [0.05, 0.1) is 0 Å². The molecule has 0 radical (unpaired) electrons. The van der Waals surface area contributed by atoms with Gasteiger partial charge in [0, 0.05) is 24.1 Å². The highest BCUT2D eigenvalue weighted by Gasteiger charge is 2.34. The van der Waals surface area contributed by atoms with E-state index in [4.69, 9.17) is 5.73 Å². The molecule has 1 fully saturated rings. The van der Waals surface area contributed by atoms with Gasteiger partial charge < -0.3 is 11.1 Å². The molecule has 20 heavy (non-hydrogen) atoms. The lowest BCUT2D eigenvalue weighted by molar-refractivity contribution is 0.0951. The zero-order chi connectivity index (χ0) is 13.9. The third-order valence-electron chi connectivity index (χ3n) is 3.71. The van der Waals surface area contributed by atoms with Gasteiger partial charge in [0.1, 0.15) is 0 Å². The van der Waals surface area contributed by atoms with Crippen LogP contribution in [0.4, 0.5) is 0 Å². The first-order chi connectivity index (χ1) is 9.74. The molecule has 102 valence electrons. The SMILES string of the molecule is N[C@@H]1C[C@H]1c1cccc(C(=O)NCc2ccccc2)c1. The molecule has 3 nitrogen and oxygen atoms in total. The molecule has 1 aliphatic carbocycles. The maximum Gasteiger partial charge on any atom is 0.251 e. The fraction of sp³-hybridized carbons (Fsp3) is 0.235. The Morgan fingerprint density at radius 2 is 1.90 bits per heavy atom. The Morgan fingerprint density at radius 1 is 1.15 bits per heavy atom. The summed E-state index contributed by atoms with van der Waals surface area (Å²) >= 11 is 0. The average Bonchev–Trinajstić information content (AvgIpc) is 3.23. The molecule has 0 bridgehead atoms. The smallest absolute Gasteiger partial charge is 0.251 e. The van der Waals surface area contributed by atoms with Gasteiger partial charge in [-0.25, -0.2) is 0 Å². The molecular formula is C17H18N2O. The minimum Gasteiger partial charge on any atom is -0.348 e. The first-order valence-corrected chi connectivity index (χ1v) is 6.92. The highest BCUT2D eigenvalue weighted by molar-refractivity contribution is 5.94. The van der Waals surface area contributed by atoms with E-state index < -0.39 is 0 Å². The van der Waals surface area contributed by atoms with Gasteiger partial charge in [0.15, 0.2) is 0 Å². The molecule has 2 aromatic carbocycles. The van der Waals surface area contributed by atoms with Crippen LogP contribution in [0.5, 0.6) is 0 Å². The first-order valence-electron chi connectivity index (χ1n) is 6.92. The standard InChI is InChI=1S/C17H18N2O/c18-16-10-15(16)13-7-4-8-14(9-13)17(20)19-11-12-5-2-1-3-6-12/h1-9,15-16H,10-11,18H2,(H,19,20)/t15-,16+/m0/s1. The molecule has 0 aliphatic heterocycles. The highest BCUT2D eigenvalue weighted by Crippen LogP contribution is 2.39. The molecule has 1 aliphatic rings. The van der Waals surface area contributed by atoms with E-state index >= 15 is 0 Å². The normalized spacial score (nSPS) is 20.4. The summed E-state index contributed by atoms with van der Waals surface area (Å²) in [7, 11) is 0. The Hall–Kier alpha value is -2.13. The van der Waals surface area contributed by atoms with Crippen LogP contribution >= 0.6 is 0 Å². The number of carbonyl (C=O) groups is 1. The lowest BCUT2D eigenvalue weighted by Gasteiger charge is -2.07. The van der Waals surface area contributed by atoms with Crippen molar-refractivity contribution in [1.29, 1.82) is 0 Å². The predicted octanol–water partition coefficient (Wildman–Crippen LogP) is 2.43. The summed E-state index contributed by atoms with van der Waals surface area (Å²) in [6.07, 6.45) is 1.02. The van der Waals surface area contributed by atoms with E-state index in [9.17, 15) is 4.79 Å². The first kappa shape index (κ1) is 12.9. The lowest BCUT2D eigenvalue weighted by Crippen LogP contribution is -2.22. The zero-order valence-electron chi connectivity index (χ0n) is 11.3. The average molecular weight is 266 g/mol. The zero-order valence-corrected chi connectivity index (χ0v) is 11.3. The monoisotopic (exact) mass is 266 g/mol. The van der Waals surface area contributed by atoms with E-state index in [1.165, 1.54) is 5.56 Å². The highest BCUT2D eigenvalue weighted by atomic mass is 16.1. The van der Waals surface area contributed by atoms with Crippen molar-refractivity contribution in [2.45, 2.75) is 24.9 Å². The van der Waals surface area contributed by atoms with Crippen molar-refractivity contribution in [3.8, 4) is 0 Å². The van der Waals surface area contributed by atoms with E-state index in [0.29, 0.717) is 18.0 Å². The number of hydrogen-bond acceptors (Lipinski definition) is 2. The molecule has 2 atom stereocenters. The Balaban J connectivity index is 1.65. The third-order valence-corrected chi connectivity index (χ3v) is 3.71. The largest absolute Gasteiger partial charge is 0.348 e. The molecule has 0 heterocycles. The molecule has 1 amide bonds. The lowest BCUT2D eigenvalue weighted by atomic mass is 10.1. The molecule has 2 aromatic rings. The van der Waals surface area contributed by atoms with Crippen molar-refractivity contribution in [1.82, 2.24) is 5.32 Å². The van der Waals surface area contributed by atoms with Gasteiger partial charge in [0.2, 0.25) is 0 Å². The Kier molecular flexibility index (Phi) is 3.52. The van der Waals surface area contributed by atoms with E-state index in [1.54, 1.807) is 0 Å². The van der Waals surface area contributed by atoms with Crippen molar-refractivity contribution in [2.24, 2.45) is 5.73 Å². The van der Waals surface area contributed by atoms with Crippen LogP contribution in [0.2, 0.25) is 0 Å². The molecule has 1 saturated carbocycles. The summed E-state index contributed by atoms with van der Waals surface area (Å²) in [5, 5.41) is 2.94. The van der Waals surface area contributed by atoms with Crippen LogP contribution in [-0.4, -0.2) is 11.9 Å². The van der Waals surface area contributed by atoms with Crippen LogP contribution < -0.4 is 11.1 Å². The predicted molar refractivity (Wildman–Crippen MR) is 79.4 cm³/mol. The van der Waals surface area contributed by atoms with Gasteiger partial charge >= 0.3 is 0 Å². The summed E-state index contributed by atoms with van der Waals surface area (Å²) in [5.74, 6) is 0.391. The van der Waals surface area contributed by atoms with Crippen LogP contribution in [0.1, 0.15) is 33.8 Å². The fourth-order valence-electron chi connectivity index (χ4n) is 2.39. The van der Waals surface area contributed by atoms with Crippen LogP contribution in [0.25, 0.3) is 0 Å². The summed E-state index contributed by atoms with van der Waals surface area (Å²) in [6.45, 7) is 0.548. The Labute approximate surface area is 118 Å². The van der Waals surface area contributed by atoms with E-state index in [0.717, 1.165) is 12.0 Å².